The Hall–Kier alpha value is -2.42. The molecule has 0 radical (unpaired) electrons. The van der Waals surface area contributed by atoms with Crippen LogP contribution in [0.1, 0.15) is 31.0 Å². The van der Waals surface area contributed by atoms with Crippen molar-refractivity contribution in [3.05, 3.63) is 40.9 Å². The summed E-state index contributed by atoms with van der Waals surface area (Å²) in [5, 5.41) is 9.67. The van der Waals surface area contributed by atoms with Gasteiger partial charge in [-0.25, -0.2) is 9.98 Å². The van der Waals surface area contributed by atoms with E-state index in [4.69, 9.17) is 4.98 Å². The highest BCUT2D eigenvalue weighted by atomic mass is 32.1. The first kappa shape index (κ1) is 21.3. The first-order chi connectivity index (χ1) is 14.2. The van der Waals surface area contributed by atoms with E-state index >= 15 is 0 Å². The Kier molecular flexibility index (Phi) is 8.03. The minimum atomic E-state index is -2.85. The number of hydrogen-bond acceptors (Lipinski definition) is 5. The van der Waals surface area contributed by atoms with E-state index in [1.165, 1.54) is 18.9 Å². The summed E-state index contributed by atoms with van der Waals surface area (Å²) in [6, 6.07) is 6.71. The van der Waals surface area contributed by atoms with Crippen LogP contribution in [0.25, 0.3) is 0 Å². The molecule has 29 heavy (non-hydrogen) atoms. The molecule has 2 N–H and O–H groups in total. The Bertz CT molecular complexity index is 793. The Morgan fingerprint density at radius 2 is 2.07 bits per heavy atom. The Morgan fingerprint density at radius 1 is 1.28 bits per heavy atom. The first-order valence-electron chi connectivity index (χ1n) is 9.90. The van der Waals surface area contributed by atoms with Gasteiger partial charge in [0.05, 0.1) is 12.2 Å². The van der Waals surface area contributed by atoms with Crippen molar-refractivity contribution in [2.24, 2.45) is 4.99 Å². The topological polar surface area (TPSA) is 61.8 Å². The summed E-state index contributed by atoms with van der Waals surface area (Å²) in [5.74, 6) is 0.786. The quantitative estimate of drug-likeness (QED) is 0.476. The number of alkyl halides is 2. The molecule has 1 aliphatic heterocycles. The summed E-state index contributed by atoms with van der Waals surface area (Å²) in [6.07, 6.45) is 3.27. The van der Waals surface area contributed by atoms with Crippen LogP contribution in [0.15, 0.2) is 34.6 Å². The predicted octanol–water partition coefficient (Wildman–Crippen LogP) is 3.64. The van der Waals surface area contributed by atoms with Gasteiger partial charge >= 0.3 is 6.61 Å². The Labute approximate surface area is 174 Å². The van der Waals surface area contributed by atoms with Crippen LogP contribution in [0, 0.1) is 0 Å². The lowest BCUT2D eigenvalue weighted by atomic mass is 10.2. The van der Waals surface area contributed by atoms with Gasteiger partial charge in [-0.3, -0.25) is 0 Å². The van der Waals surface area contributed by atoms with Crippen molar-refractivity contribution in [3.8, 4) is 5.75 Å². The number of guanidine groups is 1. The summed E-state index contributed by atoms with van der Waals surface area (Å²) >= 11 is 1.70. The molecule has 1 saturated heterocycles. The number of halogens is 2. The van der Waals surface area contributed by atoms with Crippen LogP contribution in [0.5, 0.6) is 5.75 Å². The third-order valence-corrected chi connectivity index (χ3v) is 5.48. The molecular formula is C20H27F2N5OS. The summed E-state index contributed by atoms with van der Waals surface area (Å²) in [5.41, 5.74) is 1.68. The molecule has 1 aromatic carbocycles. The van der Waals surface area contributed by atoms with Crippen molar-refractivity contribution < 1.29 is 13.5 Å². The molecule has 2 aromatic rings. The Morgan fingerprint density at radius 3 is 2.83 bits per heavy atom. The number of nitrogens with one attached hydrogen (secondary N) is 2. The van der Waals surface area contributed by atoms with E-state index in [1.807, 2.05) is 6.92 Å². The summed E-state index contributed by atoms with van der Waals surface area (Å²) in [6.45, 7) is 2.95. The summed E-state index contributed by atoms with van der Waals surface area (Å²) in [7, 11) is 0. The van der Waals surface area contributed by atoms with Gasteiger partial charge in [-0.05, 0) is 25.8 Å². The van der Waals surface area contributed by atoms with Gasteiger partial charge in [0.1, 0.15) is 5.75 Å². The van der Waals surface area contributed by atoms with Gasteiger partial charge in [0, 0.05) is 43.5 Å². The van der Waals surface area contributed by atoms with Crippen molar-refractivity contribution in [1.29, 1.82) is 0 Å². The van der Waals surface area contributed by atoms with Crippen LogP contribution in [0.2, 0.25) is 0 Å². The molecule has 0 saturated carbocycles. The smallest absolute Gasteiger partial charge is 0.387 e. The lowest BCUT2D eigenvalue weighted by Gasteiger charge is -2.13. The van der Waals surface area contributed by atoms with Gasteiger partial charge in [-0.1, -0.05) is 18.2 Å². The number of thiazole rings is 1. The van der Waals surface area contributed by atoms with E-state index in [1.54, 1.807) is 29.5 Å². The van der Waals surface area contributed by atoms with E-state index in [9.17, 15) is 8.78 Å². The van der Waals surface area contributed by atoms with Crippen LogP contribution in [0.3, 0.4) is 0 Å². The van der Waals surface area contributed by atoms with Gasteiger partial charge < -0.3 is 20.3 Å². The van der Waals surface area contributed by atoms with Crippen molar-refractivity contribution in [3.63, 3.8) is 0 Å². The molecule has 9 heteroatoms. The second-order valence-electron chi connectivity index (χ2n) is 6.67. The lowest BCUT2D eigenvalue weighted by Crippen LogP contribution is -2.38. The molecule has 0 atom stereocenters. The molecular weight excluding hydrogens is 396 g/mol. The minimum absolute atomic E-state index is 0.152. The lowest BCUT2D eigenvalue weighted by molar-refractivity contribution is -0.0504. The molecule has 0 amide bonds. The maximum atomic E-state index is 12.6. The van der Waals surface area contributed by atoms with E-state index in [0.29, 0.717) is 24.6 Å². The second-order valence-corrected chi connectivity index (χ2v) is 7.51. The average molecular weight is 424 g/mol. The molecule has 6 nitrogen and oxygen atoms in total. The van der Waals surface area contributed by atoms with Crippen molar-refractivity contribution >= 4 is 22.4 Å². The molecule has 0 spiro atoms. The van der Waals surface area contributed by atoms with Crippen LogP contribution in [0.4, 0.5) is 13.9 Å². The molecule has 3 rings (SSSR count). The van der Waals surface area contributed by atoms with E-state index in [0.717, 1.165) is 30.3 Å². The number of benzene rings is 1. The fourth-order valence-electron chi connectivity index (χ4n) is 3.13. The Balaban J connectivity index is 1.53. The van der Waals surface area contributed by atoms with E-state index in [-0.39, 0.29) is 12.3 Å². The van der Waals surface area contributed by atoms with E-state index < -0.39 is 6.61 Å². The standard InChI is InChI=1S/C20H27F2N5OS/c1-2-23-19(25-13-15-7-3-4-8-17(15)28-18(21)22)24-10-9-16-14-29-20(26-16)27-11-5-6-12-27/h3-4,7-8,14,18H,2,5-6,9-13H2,1H3,(H2,23,24,25). The molecule has 1 aromatic heterocycles. The van der Waals surface area contributed by atoms with Crippen LogP contribution in [-0.4, -0.2) is 43.7 Å². The third kappa shape index (κ3) is 6.56. The highest BCUT2D eigenvalue weighted by molar-refractivity contribution is 7.13. The monoisotopic (exact) mass is 423 g/mol. The van der Waals surface area contributed by atoms with Crippen LogP contribution < -0.4 is 20.3 Å². The van der Waals surface area contributed by atoms with Gasteiger partial charge in [-0.2, -0.15) is 8.78 Å². The number of rotatable bonds is 9. The fourth-order valence-corrected chi connectivity index (χ4v) is 4.04. The molecule has 158 valence electrons. The predicted molar refractivity (Wildman–Crippen MR) is 113 cm³/mol. The normalized spacial score (nSPS) is 14.5. The van der Waals surface area contributed by atoms with Crippen molar-refractivity contribution in [1.82, 2.24) is 15.6 Å². The maximum Gasteiger partial charge on any atom is 0.387 e. The molecule has 1 aliphatic rings. The number of ether oxygens (including phenoxy) is 1. The number of hydrogen-bond donors (Lipinski definition) is 2. The zero-order valence-corrected chi connectivity index (χ0v) is 17.4. The van der Waals surface area contributed by atoms with Crippen molar-refractivity contribution in [2.45, 2.75) is 39.3 Å². The van der Waals surface area contributed by atoms with Crippen LogP contribution >= 0.6 is 11.3 Å². The highest BCUT2D eigenvalue weighted by Crippen LogP contribution is 2.24. The molecule has 0 aliphatic carbocycles. The first-order valence-corrected chi connectivity index (χ1v) is 10.8. The molecule has 2 heterocycles. The summed E-state index contributed by atoms with van der Waals surface area (Å²) in [4.78, 5) is 11.6. The fraction of sp³-hybridized carbons (Fsp3) is 0.500. The van der Waals surface area contributed by atoms with Gasteiger partial charge in [0.15, 0.2) is 11.1 Å². The van der Waals surface area contributed by atoms with Crippen LogP contribution in [-0.2, 0) is 13.0 Å². The number of nitrogens with zero attached hydrogens (tertiary/aromatic N) is 3. The number of anilines is 1. The van der Waals surface area contributed by atoms with Gasteiger partial charge in [0.2, 0.25) is 0 Å². The molecule has 1 fully saturated rings. The van der Waals surface area contributed by atoms with Crippen molar-refractivity contribution in [2.75, 3.05) is 31.1 Å². The summed E-state index contributed by atoms with van der Waals surface area (Å²) < 4.78 is 29.7. The number of para-hydroxylation sites is 1. The second kappa shape index (κ2) is 10.9. The zero-order valence-electron chi connectivity index (χ0n) is 16.5. The average Bonchev–Trinajstić information content (AvgIpc) is 3.38. The highest BCUT2D eigenvalue weighted by Gasteiger charge is 2.15. The number of aromatic nitrogens is 1. The molecule has 0 bridgehead atoms. The van der Waals surface area contributed by atoms with Gasteiger partial charge in [-0.15, -0.1) is 11.3 Å². The number of aliphatic imine (C=N–C) groups is 1. The maximum absolute atomic E-state index is 12.6. The minimum Gasteiger partial charge on any atom is -0.434 e. The third-order valence-electron chi connectivity index (χ3n) is 4.53. The van der Waals surface area contributed by atoms with E-state index in [2.05, 4.69) is 30.6 Å². The zero-order chi connectivity index (χ0) is 20.5. The molecule has 0 unspecified atom stereocenters. The largest absolute Gasteiger partial charge is 0.434 e. The van der Waals surface area contributed by atoms with Gasteiger partial charge in [0.25, 0.3) is 0 Å². The SMILES string of the molecule is CCNC(=NCc1ccccc1OC(F)F)NCCc1csc(N2CCCC2)n1.